The molecule has 1 aliphatic carbocycles. The molecule has 3 rings (SSSR count). The second-order valence-electron chi connectivity index (χ2n) is 5.48. The molecule has 5 heteroatoms. The number of rotatable bonds is 1. The molecule has 3 N–H and O–H groups in total. The van der Waals surface area contributed by atoms with Crippen LogP contribution < -0.4 is 11.1 Å². The number of carbonyl (C=O) groups excluding carboxylic acids is 1. The van der Waals surface area contributed by atoms with Gasteiger partial charge in [-0.1, -0.05) is 19.3 Å². The fourth-order valence-corrected chi connectivity index (χ4v) is 3.60. The number of nitrogens with one attached hydrogen (secondary N) is 1. The molecule has 0 spiro atoms. The van der Waals surface area contributed by atoms with Gasteiger partial charge in [-0.2, -0.15) is 10.2 Å². The van der Waals surface area contributed by atoms with E-state index >= 15 is 0 Å². The predicted octanol–water partition coefficient (Wildman–Crippen LogP) is 0.698. The lowest BCUT2D eigenvalue weighted by Crippen LogP contribution is -2.54. The van der Waals surface area contributed by atoms with Crippen LogP contribution in [0.25, 0.3) is 0 Å². The van der Waals surface area contributed by atoms with Crippen LogP contribution in [0, 0.1) is 17.8 Å². The summed E-state index contributed by atoms with van der Waals surface area (Å²) in [5.74, 6) is 0.887. The van der Waals surface area contributed by atoms with E-state index in [0.717, 1.165) is 30.7 Å². The highest BCUT2D eigenvalue weighted by atomic mass is 16.2. The van der Waals surface area contributed by atoms with E-state index in [1.54, 1.807) is 0 Å². The van der Waals surface area contributed by atoms with Gasteiger partial charge in [-0.3, -0.25) is 4.79 Å². The van der Waals surface area contributed by atoms with Crippen molar-refractivity contribution in [1.82, 2.24) is 5.32 Å². The zero-order valence-corrected chi connectivity index (χ0v) is 10.6. The van der Waals surface area contributed by atoms with Gasteiger partial charge in [0, 0.05) is 24.3 Å². The first-order valence-electron chi connectivity index (χ1n) is 6.92. The Labute approximate surface area is 107 Å². The van der Waals surface area contributed by atoms with Crippen LogP contribution in [0.5, 0.6) is 0 Å². The lowest BCUT2D eigenvalue weighted by Gasteiger charge is -2.40. The van der Waals surface area contributed by atoms with Gasteiger partial charge in [-0.05, 0) is 12.8 Å². The number of hydrogen-bond donors (Lipinski definition) is 2. The molecule has 3 atom stereocenters. The van der Waals surface area contributed by atoms with Gasteiger partial charge >= 0.3 is 0 Å². The van der Waals surface area contributed by atoms with E-state index in [2.05, 4.69) is 15.5 Å². The minimum atomic E-state index is 0.0832. The summed E-state index contributed by atoms with van der Waals surface area (Å²) in [7, 11) is 0. The van der Waals surface area contributed by atoms with Crippen molar-refractivity contribution < 1.29 is 4.79 Å². The van der Waals surface area contributed by atoms with Crippen LogP contribution in [0.1, 0.15) is 32.1 Å². The standard InChI is InChI=1S/C13H20N4O/c14-6-10-8-4-2-1-3-5-9-12(8)11(17-16-10)7-15-13(9)18/h8-9,12H,1-7,14H2,(H,15,18). The summed E-state index contributed by atoms with van der Waals surface area (Å²) in [6.07, 6.45) is 5.64. The van der Waals surface area contributed by atoms with Crippen LogP contribution in [-0.4, -0.2) is 30.4 Å². The van der Waals surface area contributed by atoms with Crippen LogP contribution in [0.4, 0.5) is 0 Å². The molecule has 2 heterocycles. The van der Waals surface area contributed by atoms with Crippen molar-refractivity contribution in [3.8, 4) is 0 Å². The number of piperidine rings is 1. The van der Waals surface area contributed by atoms with E-state index in [9.17, 15) is 4.79 Å². The number of nitrogens with zero attached hydrogens (tertiary/aromatic N) is 2. The zero-order valence-electron chi connectivity index (χ0n) is 10.6. The Morgan fingerprint density at radius 1 is 1.17 bits per heavy atom. The van der Waals surface area contributed by atoms with Crippen molar-refractivity contribution in [2.24, 2.45) is 33.7 Å². The van der Waals surface area contributed by atoms with Crippen molar-refractivity contribution in [3.63, 3.8) is 0 Å². The summed E-state index contributed by atoms with van der Waals surface area (Å²) in [5, 5.41) is 11.5. The van der Waals surface area contributed by atoms with Gasteiger partial charge in [0.15, 0.2) is 0 Å². The average molecular weight is 248 g/mol. The summed E-state index contributed by atoms with van der Waals surface area (Å²) in [5.41, 5.74) is 7.83. The van der Waals surface area contributed by atoms with Gasteiger partial charge in [0.05, 0.1) is 18.0 Å². The maximum atomic E-state index is 12.1. The topological polar surface area (TPSA) is 79.8 Å². The third-order valence-corrected chi connectivity index (χ3v) is 4.51. The quantitative estimate of drug-likeness (QED) is 0.716. The molecule has 0 aromatic heterocycles. The molecule has 3 aliphatic rings. The van der Waals surface area contributed by atoms with Crippen molar-refractivity contribution in [3.05, 3.63) is 0 Å². The molecular weight excluding hydrogens is 228 g/mol. The molecule has 1 saturated carbocycles. The Bertz CT molecular complexity index is 415. The predicted molar refractivity (Wildman–Crippen MR) is 70.5 cm³/mol. The molecule has 0 aromatic carbocycles. The summed E-state index contributed by atoms with van der Waals surface area (Å²) in [4.78, 5) is 12.1. The first kappa shape index (κ1) is 11.8. The first-order chi connectivity index (χ1) is 8.81. The Morgan fingerprint density at radius 3 is 2.72 bits per heavy atom. The van der Waals surface area contributed by atoms with Crippen LogP contribution in [0.15, 0.2) is 10.2 Å². The van der Waals surface area contributed by atoms with E-state index in [0.29, 0.717) is 19.0 Å². The highest BCUT2D eigenvalue weighted by Gasteiger charge is 2.44. The Balaban J connectivity index is 1.97. The Morgan fingerprint density at radius 2 is 1.94 bits per heavy atom. The Hall–Kier alpha value is -1.23. The number of hydrogen-bond acceptors (Lipinski definition) is 4. The van der Waals surface area contributed by atoms with E-state index in [1.165, 1.54) is 12.8 Å². The van der Waals surface area contributed by atoms with Crippen LogP contribution >= 0.6 is 0 Å². The van der Waals surface area contributed by atoms with Gasteiger partial charge < -0.3 is 11.1 Å². The largest absolute Gasteiger partial charge is 0.350 e. The van der Waals surface area contributed by atoms with E-state index < -0.39 is 0 Å². The number of nitrogens with two attached hydrogens (primary N) is 1. The zero-order chi connectivity index (χ0) is 12.5. The molecule has 0 bridgehead atoms. The van der Waals surface area contributed by atoms with E-state index in [4.69, 9.17) is 5.73 Å². The third-order valence-electron chi connectivity index (χ3n) is 4.51. The van der Waals surface area contributed by atoms with Crippen molar-refractivity contribution in [2.45, 2.75) is 32.1 Å². The van der Waals surface area contributed by atoms with E-state index in [1.807, 2.05) is 0 Å². The lowest BCUT2D eigenvalue weighted by molar-refractivity contribution is -0.127. The van der Waals surface area contributed by atoms with Crippen molar-refractivity contribution >= 4 is 17.3 Å². The molecule has 0 radical (unpaired) electrons. The van der Waals surface area contributed by atoms with Crippen molar-refractivity contribution in [1.29, 1.82) is 0 Å². The van der Waals surface area contributed by atoms with E-state index in [-0.39, 0.29) is 17.7 Å². The SMILES string of the molecule is NCC1=NN=C2CNC(=O)C3CCCCCC1C23. The normalized spacial score (nSPS) is 35.6. The molecule has 1 amide bonds. The molecule has 1 saturated heterocycles. The smallest absolute Gasteiger partial charge is 0.224 e. The number of amides is 1. The van der Waals surface area contributed by atoms with Crippen LogP contribution in [0.2, 0.25) is 0 Å². The van der Waals surface area contributed by atoms with Gasteiger partial charge in [0.1, 0.15) is 0 Å². The molecular formula is C13H20N4O. The van der Waals surface area contributed by atoms with Crippen LogP contribution in [0.3, 0.4) is 0 Å². The fourth-order valence-electron chi connectivity index (χ4n) is 3.60. The molecule has 2 aliphatic heterocycles. The molecule has 0 aromatic rings. The molecule has 3 unspecified atom stereocenters. The fraction of sp³-hybridized carbons (Fsp3) is 0.769. The lowest BCUT2D eigenvalue weighted by atomic mass is 9.68. The minimum absolute atomic E-state index is 0.0832. The van der Waals surface area contributed by atoms with Gasteiger partial charge in [-0.25, -0.2) is 0 Å². The molecule has 98 valence electrons. The average Bonchev–Trinajstić information content (AvgIpc) is 2.36. The Kier molecular flexibility index (Phi) is 3.16. The van der Waals surface area contributed by atoms with Crippen molar-refractivity contribution in [2.75, 3.05) is 13.1 Å². The molecule has 18 heavy (non-hydrogen) atoms. The van der Waals surface area contributed by atoms with Gasteiger partial charge in [-0.15, -0.1) is 0 Å². The maximum Gasteiger partial charge on any atom is 0.224 e. The monoisotopic (exact) mass is 248 g/mol. The highest BCUT2D eigenvalue weighted by Crippen LogP contribution is 2.38. The summed E-state index contributed by atoms with van der Waals surface area (Å²) >= 11 is 0. The number of carbonyl (C=O) groups is 1. The third kappa shape index (κ3) is 1.86. The molecule has 5 nitrogen and oxygen atoms in total. The minimum Gasteiger partial charge on any atom is -0.350 e. The molecule has 2 fully saturated rings. The summed E-state index contributed by atoms with van der Waals surface area (Å²) in [6.45, 7) is 1.03. The first-order valence-corrected chi connectivity index (χ1v) is 6.92. The second-order valence-corrected chi connectivity index (χ2v) is 5.48. The maximum absolute atomic E-state index is 12.1. The summed E-state index contributed by atoms with van der Waals surface area (Å²) < 4.78 is 0. The van der Waals surface area contributed by atoms with Crippen LogP contribution in [-0.2, 0) is 4.79 Å². The summed E-state index contributed by atoms with van der Waals surface area (Å²) in [6, 6.07) is 0. The highest BCUT2D eigenvalue weighted by molar-refractivity contribution is 6.05. The second kappa shape index (κ2) is 4.80. The van der Waals surface area contributed by atoms with Gasteiger partial charge in [0.2, 0.25) is 5.91 Å². The van der Waals surface area contributed by atoms with Gasteiger partial charge in [0.25, 0.3) is 0 Å².